The standard InChI is InChI=1S/C13H21N3O2.C7H8O3S/c1-18-6-4-10-7-12(15-9-10)13(17)16-5-2-3-11(16)8-14;1-6-2-4-7(5-3-6)11(8,9)10/h10-12,15H,2-7,9H2,1H3;2-5H,1H3,(H,8,9,10)/t10-,11-,12-;/m0./s1. The summed E-state index contributed by atoms with van der Waals surface area (Å²) < 4.78 is 34.6. The number of nitrogens with one attached hydrogen (secondary N) is 1. The molecule has 2 aliphatic rings. The minimum absolute atomic E-state index is 0.0666. The van der Waals surface area contributed by atoms with Gasteiger partial charge in [-0.15, -0.1) is 0 Å². The van der Waals surface area contributed by atoms with Gasteiger partial charge in [-0.3, -0.25) is 9.35 Å². The van der Waals surface area contributed by atoms with Crippen molar-refractivity contribution in [2.24, 2.45) is 5.92 Å². The largest absolute Gasteiger partial charge is 0.385 e. The van der Waals surface area contributed by atoms with E-state index in [9.17, 15) is 13.2 Å². The normalized spacial score (nSPS) is 23.9. The molecule has 2 N–H and O–H groups in total. The Morgan fingerprint density at radius 2 is 2.07 bits per heavy atom. The summed E-state index contributed by atoms with van der Waals surface area (Å²) in [5.41, 5.74) is 0.956. The maximum atomic E-state index is 12.3. The molecular weight excluding hydrogens is 394 g/mol. The molecule has 29 heavy (non-hydrogen) atoms. The van der Waals surface area contributed by atoms with Gasteiger partial charge in [0, 0.05) is 20.3 Å². The van der Waals surface area contributed by atoms with Crippen LogP contribution < -0.4 is 5.32 Å². The monoisotopic (exact) mass is 423 g/mol. The number of rotatable bonds is 5. The number of methoxy groups -OCH3 is 1. The Balaban J connectivity index is 0.000000234. The van der Waals surface area contributed by atoms with Crippen LogP contribution >= 0.6 is 0 Å². The topological polar surface area (TPSA) is 120 Å². The lowest BCUT2D eigenvalue weighted by Gasteiger charge is -2.23. The first kappa shape index (κ1) is 23.3. The molecule has 3 rings (SSSR count). The molecule has 2 fully saturated rings. The molecule has 0 saturated carbocycles. The SMILES string of the molecule is COCC[C@@H]1CN[C@H](C(=O)N2CCC[C@H]2C#N)C1.Cc1ccc(S(=O)(=O)O)cc1. The molecule has 0 radical (unpaired) electrons. The van der Waals surface area contributed by atoms with Gasteiger partial charge in [-0.25, -0.2) is 0 Å². The van der Waals surface area contributed by atoms with Crippen molar-refractivity contribution in [3.05, 3.63) is 29.8 Å². The summed E-state index contributed by atoms with van der Waals surface area (Å²) in [6.07, 6.45) is 3.64. The zero-order valence-electron chi connectivity index (χ0n) is 16.9. The smallest absolute Gasteiger partial charge is 0.294 e. The van der Waals surface area contributed by atoms with Crippen LogP contribution in [0.5, 0.6) is 0 Å². The van der Waals surface area contributed by atoms with E-state index in [2.05, 4.69) is 11.4 Å². The number of hydrogen-bond donors (Lipinski definition) is 2. The molecule has 0 spiro atoms. The van der Waals surface area contributed by atoms with Crippen LogP contribution in [0.4, 0.5) is 0 Å². The van der Waals surface area contributed by atoms with Crippen molar-refractivity contribution in [1.82, 2.24) is 10.2 Å². The molecule has 1 aromatic carbocycles. The number of nitrogens with zero attached hydrogens (tertiary/aromatic N) is 2. The summed E-state index contributed by atoms with van der Waals surface area (Å²) in [7, 11) is -2.32. The maximum absolute atomic E-state index is 12.3. The average molecular weight is 424 g/mol. The van der Waals surface area contributed by atoms with E-state index in [0.29, 0.717) is 5.92 Å². The van der Waals surface area contributed by atoms with Gasteiger partial charge in [-0.05, 0) is 57.2 Å². The molecular formula is C20H29N3O5S. The Hall–Kier alpha value is -1.99. The molecule has 1 amide bonds. The Kier molecular flexibility index (Phi) is 8.59. The first-order chi connectivity index (χ1) is 13.8. The second-order valence-electron chi connectivity index (χ2n) is 7.45. The van der Waals surface area contributed by atoms with Gasteiger partial charge in [0.15, 0.2) is 0 Å². The fourth-order valence-corrected chi connectivity index (χ4v) is 4.06. The van der Waals surface area contributed by atoms with Gasteiger partial charge in [-0.2, -0.15) is 13.7 Å². The predicted octanol–water partition coefficient (Wildman–Crippen LogP) is 1.76. The molecule has 3 atom stereocenters. The van der Waals surface area contributed by atoms with E-state index in [4.69, 9.17) is 14.6 Å². The first-order valence-corrected chi connectivity index (χ1v) is 11.2. The number of hydrogen-bond acceptors (Lipinski definition) is 6. The number of nitriles is 1. The molecule has 0 aliphatic carbocycles. The highest BCUT2D eigenvalue weighted by molar-refractivity contribution is 7.85. The Labute approximate surface area is 172 Å². The van der Waals surface area contributed by atoms with E-state index in [1.807, 2.05) is 6.92 Å². The molecule has 2 saturated heterocycles. The second-order valence-corrected chi connectivity index (χ2v) is 8.87. The van der Waals surface area contributed by atoms with Crippen LogP contribution in [-0.4, -0.2) is 62.7 Å². The van der Waals surface area contributed by atoms with Crippen LogP contribution in [0.15, 0.2) is 29.2 Å². The van der Waals surface area contributed by atoms with Crippen LogP contribution in [0.3, 0.4) is 0 Å². The quantitative estimate of drug-likeness (QED) is 0.692. The highest BCUT2D eigenvalue weighted by atomic mass is 32.2. The van der Waals surface area contributed by atoms with Crippen LogP contribution in [0.25, 0.3) is 0 Å². The van der Waals surface area contributed by atoms with E-state index in [1.54, 1.807) is 24.1 Å². The highest BCUT2D eigenvalue weighted by Crippen LogP contribution is 2.23. The molecule has 0 unspecified atom stereocenters. The van der Waals surface area contributed by atoms with Gasteiger partial charge in [0.1, 0.15) is 6.04 Å². The van der Waals surface area contributed by atoms with Crippen molar-refractivity contribution in [2.45, 2.75) is 49.6 Å². The number of benzene rings is 1. The molecule has 8 nitrogen and oxygen atoms in total. The number of carbonyl (C=O) groups excluding carboxylic acids is 1. The molecule has 1 aromatic rings. The summed E-state index contributed by atoms with van der Waals surface area (Å²) in [4.78, 5) is 14.0. The van der Waals surface area contributed by atoms with E-state index in [1.165, 1.54) is 12.1 Å². The van der Waals surface area contributed by atoms with E-state index in [0.717, 1.165) is 50.9 Å². The van der Waals surface area contributed by atoms with E-state index < -0.39 is 10.1 Å². The molecule has 0 aromatic heterocycles. The fourth-order valence-electron chi connectivity index (χ4n) is 3.58. The van der Waals surface area contributed by atoms with Gasteiger partial charge in [0.25, 0.3) is 10.1 Å². The van der Waals surface area contributed by atoms with Crippen molar-refractivity contribution in [2.75, 3.05) is 26.8 Å². The number of likely N-dealkylation sites (tertiary alicyclic amines) is 1. The van der Waals surface area contributed by atoms with Crippen molar-refractivity contribution in [3.8, 4) is 6.07 Å². The van der Waals surface area contributed by atoms with Crippen LogP contribution in [-0.2, 0) is 19.6 Å². The highest BCUT2D eigenvalue weighted by Gasteiger charge is 2.36. The number of ether oxygens (including phenoxy) is 1. The Bertz CT molecular complexity index is 820. The van der Waals surface area contributed by atoms with Crippen molar-refractivity contribution in [3.63, 3.8) is 0 Å². The van der Waals surface area contributed by atoms with E-state index in [-0.39, 0.29) is 22.9 Å². The van der Waals surface area contributed by atoms with Gasteiger partial charge >= 0.3 is 0 Å². The summed E-state index contributed by atoms with van der Waals surface area (Å²) >= 11 is 0. The van der Waals surface area contributed by atoms with Gasteiger partial charge in [-0.1, -0.05) is 17.7 Å². The summed E-state index contributed by atoms with van der Waals surface area (Å²) in [6, 6.07) is 7.90. The Morgan fingerprint density at radius 1 is 1.38 bits per heavy atom. The van der Waals surface area contributed by atoms with Gasteiger partial charge in [0.05, 0.1) is 17.0 Å². The third-order valence-electron chi connectivity index (χ3n) is 5.25. The fraction of sp³-hybridized carbons (Fsp3) is 0.600. The lowest BCUT2D eigenvalue weighted by atomic mass is 10.0. The Morgan fingerprint density at radius 3 is 2.66 bits per heavy atom. The maximum Gasteiger partial charge on any atom is 0.294 e. The average Bonchev–Trinajstić information content (AvgIpc) is 3.35. The summed E-state index contributed by atoms with van der Waals surface area (Å²) in [5, 5.41) is 12.3. The number of carbonyl (C=O) groups is 1. The third kappa shape index (κ3) is 6.78. The van der Waals surface area contributed by atoms with Crippen molar-refractivity contribution in [1.29, 1.82) is 5.26 Å². The molecule has 2 aliphatic heterocycles. The minimum Gasteiger partial charge on any atom is -0.385 e. The summed E-state index contributed by atoms with van der Waals surface area (Å²) in [5.74, 6) is 0.626. The molecule has 0 bridgehead atoms. The van der Waals surface area contributed by atoms with Crippen LogP contribution in [0, 0.1) is 24.2 Å². The van der Waals surface area contributed by atoms with E-state index >= 15 is 0 Å². The van der Waals surface area contributed by atoms with Gasteiger partial charge < -0.3 is 15.0 Å². The van der Waals surface area contributed by atoms with Gasteiger partial charge in [0.2, 0.25) is 5.91 Å². The van der Waals surface area contributed by atoms with Crippen molar-refractivity contribution >= 4 is 16.0 Å². The third-order valence-corrected chi connectivity index (χ3v) is 6.12. The zero-order chi connectivity index (χ0) is 21.4. The molecule has 2 heterocycles. The van der Waals surface area contributed by atoms with Crippen molar-refractivity contribution < 1.29 is 22.5 Å². The minimum atomic E-state index is -4.02. The zero-order valence-corrected chi connectivity index (χ0v) is 17.7. The van der Waals surface area contributed by atoms with Crippen LogP contribution in [0.1, 0.15) is 31.2 Å². The lowest BCUT2D eigenvalue weighted by molar-refractivity contribution is -0.133. The lowest BCUT2D eigenvalue weighted by Crippen LogP contribution is -2.45. The van der Waals surface area contributed by atoms with Crippen LogP contribution in [0.2, 0.25) is 0 Å². The first-order valence-electron chi connectivity index (χ1n) is 9.72. The molecule has 160 valence electrons. The summed E-state index contributed by atoms with van der Waals surface area (Å²) in [6.45, 7) is 4.20. The second kappa shape index (κ2) is 10.7. The number of aryl methyl sites for hydroxylation is 1. The molecule has 9 heteroatoms. The predicted molar refractivity (Wildman–Crippen MR) is 108 cm³/mol. The number of amides is 1.